The molecule has 1 aliphatic rings. The maximum absolute atomic E-state index is 12.4. The number of aryl methyl sites for hydroxylation is 1. The number of aromatic nitrogens is 1. The molecule has 3 aromatic rings. The Balaban J connectivity index is 1.58. The van der Waals surface area contributed by atoms with E-state index in [4.69, 9.17) is 9.47 Å². The van der Waals surface area contributed by atoms with E-state index in [1.807, 2.05) is 55.5 Å². The lowest BCUT2D eigenvalue weighted by Gasteiger charge is -2.08. The first-order valence-corrected chi connectivity index (χ1v) is 7.95. The van der Waals surface area contributed by atoms with Gasteiger partial charge < -0.3 is 14.8 Å². The molecule has 0 saturated heterocycles. The molecule has 25 heavy (non-hydrogen) atoms. The van der Waals surface area contributed by atoms with Crippen LogP contribution in [0.3, 0.4) is 0 Å². The number of anilines is 1. The third kappa shape index (κ3) is 3.04. The number of nitrogens with one attached hydrogen (secondary N) is 1. The van der Waals surface area contributed by atoms with Crippen molar-refractivity contribution in [3.05, 3.63) is 65.9 Å². The average molecular weight is 332 g/mol. The second-order valence-corrected chi connectivity index (χ2v) is 5.73. The van der Waals surface area contributed by atoms with E-state index in [1.54, 1.807) is 6.08 Å². The Kier molecular flexibility index (Phi) is 3.82. The van der Waals surface area contributed by atoms with Crippen LogP contribution in [0.2, 0.25) is 0 Å². The molecule has 4 rings (SSSR count). The fourth-order valence-corrected chi connectivity index (χ4v) is 2.84. The van der Waals surface area contributed by atoms with Crippen molar-refractivity contribution < 1.29 is 14.3 Å². The minimum atomic E-state index is -0.215. The van der Waals surface area contributed by atoms with Gasteiger partial charge in [-0.2, -0.15) is 0 Å². The van der Waals surface area contributed by atoms with Crippen LogP contribution in [0.15, 0.2) is 54.6 Å². The highest BCUT2D eigenvalue weighted by atomic mass is 16.7. The number of nitrogens with zero attached hydrogens (tertiary/aromatic N) is 1. The van der Waals surface area contributed by atoms with Gasteiger partial charge in [0.1, 0.15) is 0 Å². The van der Waals surface area contributed by atoms with Gasteiger partial charge in [0, 0.05) is 22.7 Å². The molecule has 5 heteroatoms. The minimum absolute atomic E-state index is 0.203. The van der Waals surface area contributed by atoms with E-state index in [-0.39, 0.29) is 12.7 Å². The number of hydrogen-bond donors (Lipinski definition) is 1. The van der Waals surface area contributed by atoms with Crippen LogP contribution in [-0.2, 0) is 4.79 Å². The summed E-state index contributed by atoms with van der Waals surface area (Å²) in [6, 6.07) is 15.2. The third-order valence-corrected chi connectivity index (χ3v) is 3.94. The quantitative estimate of drug-likeness (QED) is 0.739. The standard InChI is InChI=1S/C20H16N2O3/c1-13-11-17(15-6-2-3-7-16(15)21-13)22-19(23)10-9-14-5-4-8-18-20(14)25-12-24-18/h2-11H,12H2,1H3,(H,21,22,23)/b10-9+. The predicted octanol–water partition coefficient (Wildman–Crippen LogP) is 3.92. The molecule has 0 spiro atoms. The summed E-state index contributed by atoms with van der Waals surface area (Å²) in [5.41, 5.74) is 3.26. The summed E-state index contributed by atoms with van der Waals surface area (Å²) >= 11 is 0. The molecule has 1 aliphatic heterocycles. The van der Waals surface area contributed by atoms with Gasteiger partial charge in [-0.25, -0.2) is 0 Å². The number of amides is 1. The van der Waals surface area contributed by atoms with Crippen LogP contribution in [0.1, 0.15) is 11.3 Å². The van der Waals surface area contributed by atoms with Crippen LogP contribution < -0.4 is 14.8 Å². The van der Waals surface area contributed by atoms with E-state index in [1.165, 1.54) is 6.08 Å². The first-order chi connectivity index (χ1) is 12.2. The number of benzene rings is 2. The molecule has 124 valence electrons. The summed E-state index contributed by atoms with van der Waals surface area (Å²) < 4.78 is 10.8. The van der Waals surface area contributed by atoms with E-state index < -0.39 is 0 Å². The van der Waals surface area contributed by atoms with Gasteiger partial charge >= 0.3 is 0 Å². The molecule has 1 amide bonds. The van der Waals surface area contributed by atoms with Gasteiger partial charge in [0.15, 0.2) is 11.5 Å². The molecule has 0 fully saturated rings. The number of hydrogen-bond acceptors (Lipinski definition) is 4. The molecule has 0 bridgehead atoms. The highest BCUT2D eigenvalue weighted by molar-refractivity contribution is 6.07. The number of fused-ring (bicyclic) bond motifs is 2. The van der Waals surface area contributed by atoms with E-state index in [0.717, 1.165) is 27.8 Å². The molecule has 1 aromatic heterocycles. The van der Waals surface area contributed by atoms with Crippen LogP contribution in [-0.4, -0.2) is 17.7 Å². The lowest BCUT2D eigenvalue weighted by molar-refractivity contribution is -0.111. The minimum Gasteiger partial charge on any atom is -0.454 e. The monoisotopic (exact) mass is 332 g/mol. The van der Waals surface area contributed by atoms with Crippen LogP contribution in [0, 0.1) is 6.92 Å². The highest BCUT2D eigenvalue weighted by Gasteiger charge is 2.15. The molecule has 2 heterocycles. The summed E-state index contributed by atoms with van der Waals surface area (Å²) in [7, 11) is 0. The van der Waals surface area contributed by atoms with E-state index >= 15 is 0 Å². The van der Waals surface area contributed by atoms with E-state index in [0.29, 0.717) is 11.5 Å². The fraction of sp³-hybridized carbons (Fsp3) is 0.100. The Morgan fingerprint density at radius 2 is 2.04 bits per heavy atom. The molecule has 0 atom stereocenters. The van der Waals surface area contributed by atoms with Gasteiger partial charge in [0.2, 0.25) is 12.7 Å². The van der Waals surface area contributed by atoms with Crippen molar-refractivity contribution in [2.24, 2.45) is 0 Å². The van der Waals surface area contributed by atoms with Crippen molar-refractivity contribution in [2.75, 3.05) is 12.1 Å². The Morgan fingerprint density at radius 1 is 1.16 bits per heavy atom. The van der Waals surface area contributed by atoms with Crippen LogP contribution in [0.25, 0.3) is 17.0 Å². The number of ether oxygens (including phenoxy) is 2. The Labute approximate surface area is 144 Å². The summed E-state index contributed by atoms with van der Waals surface area (Å²) in [5.74, 6) is 1.14. The zero-order valence-corrected chi connectivity index (χ0v) is 13.7. The van der Waals surface area contributed by atoms with Crippen LogP contribution in [0.5, 0.6) is 11.5 Å². The molecular formula is C20H16N2O3. The van der Waals surface area contributed by atoms with Gasteiger partial charge in [0.05, 0.1) is 11.2 Å². The van der Waals surface area contributed by atoms with Crippen molar-refractivity contribution in [2.45, 2.75) is 6.92 Å². The number of carbonyl (C=O) groups is 1. The maximum atomic E-state index is 12.4. The molecule has 0 radical (unpaired) electrons. The lowest BCUT2D eigenvalue weighted by atomic mass is 10.1. The number of rotatable bonds is 3. The van der Waals surface area contributed by atoms with Crippen molar-refractivity contribution in [1.82, 2.24) is 4.98 Å². The second-order valence-electron chi connectivity index (χ2n) is 5.73. The topological polar surface area (TPSA) is 60.5 Å². The van der Waals surface area contributed by atoms with Gasteiger partial charge in [-0.1, -0.05) is 30.3 Å². The molecule has 5 nitrogen and oxygen atoms in total. The van der Waals surface area contributed by atoms with Crippen LogP contribution in [0.4, 0.5) is 5.69 Å². The van der Waals surface area contributed by atoms with E-state index in [2.05, 4.69) is 10.3 Å². The molecule has 1 N–H and O–H groups in total. The second kappa shape index (κ2) is 6.28. The van der Waals surface area contributed by atoms with E-state index in [9.17, 15) is 4.79 Å². The maximum Gasteiger partial charge on any atom is 0.248 e. The molecule has 0 aliphatic carbocycles. The number of carbonyl (C=O) groups excluding carboxylic acids is 1. The van der Waals surface area contributed by atoms with Gasteiger partial charge in [-0.3, -0.25) is 9.78 Å². The van der Waals surface area contributed by atoms with Crippen molar-refractivity contribution >= 4 is 28.6 Å². The first-order valence-electron chi connectivity index (χ1n) is 7.95. The third-order valence-electron chi connectivity index (χ3n) is 3.94. The molecule has 0 unspecified atom stereocenters. The smallest absolute Gasteiger partial charge is 0.248 e. The molecular weight excluding hydrogens is 316 g/mol. The summed E-state index contributed by atoms with van der Waals surface area (Å²) in [5, 5.41) is 3.84. The molecule has 2 aromatic carbocycles. The van der Waals surface area contributed by atoms with Gasteiger partial charge in [-0.15, -0.1) is 0 Å². The first kappa shape index (κ1) is 15.2. The van der Waals surface area contributed by atoms with Gasteiger partial charge in [-0.05, 0) is 31.2 Å². The Morgan fingerprint density at radius 3 is 2.96 bits per heavy atom. The summed E-state index contributed by atoms with van der Waals surface area (Å²) in [6.45, 7) is 2.11. The van der Waals surface area contributed by atoms with Gasteiger partial charge in [0.25, 0.3) is 0 Å². The number of para-hydroxylation sites is 2. The Hall–Kier alpha value is -3.34. The number of pyridine rings is 1. The highest BCUT2D eigenvalue weighted by Crippen LogP contribution is 2.35. The Bertz CT molecular complexity index is 995. The zero-order chi connectivity index (χ0) is 17.2. The summed E-state index contributed by atoms with van der Waals surface area (Å²) in [6.07, 6.45) is 3.21. The predicted molar refractivity (Wildman–Crippen MR) is 96.7 cm³/mol. The zero-order valence-electron chi connectivity index (χ0n) is 13.7. The summed E-state index contributed by atoms with van der Waals surface area (Å²) in [4.78, 5) is 16.8. The molecule has 0 saturated carbocycles. The normalized spacial score (nSPS) is 12.7. The SMILES string of the molecule is Cc1cc(NC(=O)/C=C/c2cccc3c2OCO3)c2ccccc2n1. The lowest BCUT2D eigenvalue weighted by Crippen LogP contribution is -2.08. The fourth-order valence-electron chi connectivity index (χ4n) is 2.84. The van der Waals surface area contributed by atoms with Crippen molar-refractivity contribution in [1.29, 1.82) is 0 Å². The largest absolute Gasteiger partial charge is 0.454 e. The van der Waals surface area contributed by atoms with Crippen LogP contribution >= 0.6 is 0 Å². The average Bonchev–Trinajstić information content (AvgIpc) is 3.09. The van der Waals surface area contributed by atoms with Crippen molar-refractivity contribution in [3.63, 3.8) is 0 Å². The van der Waals surface area contributed by atoms with Crippen molar-refractivity contribution in [3.8, 4) is 11.5 Å².